The molecule has 0 aliphatic carbocycles. The zero-order valence-corrected chi connectivity index (χ0v) is 10.7. The summed E-state index contributed by atoms with van der Waals surface area (Å²) in [5.41, 5.74) is 6.57. The van der Waals surface area contributed by atoms with E-state index in [-0.39, 0.29) is 17.7 Å². The Balaban J connectivity index is 3.00. The Bertz CT molecular complexity index is 437. The fraction of sp³-hybridized carbons (Fsp3) is 0.500. The van der Waals surface area contributed by atoms with E-state index in [0.717, 1.165) is 0 Å². The van der Waals surface area contributed by atoms with Crippen LogP contribution in [0.5, 0.6) is 0 Å². The number of amides is 1. The first-order chi connectivity index (χ1) is 7.88. The molecule has 1 rings (SSSR count). The number of nitrogens with two attached hydrogens (primary N) is 1. The number of hydrogen-bond donors (Lipinski definition) is 1. The molecule has 0 aliphatic rings. The largest absolute Gasteiger partial charge is 0.346 e. The molecule has 1 atom stereocenters. The van der Waals surface area contributed by atoms with Crippen molar-refractivity contribution in [3.8, 4) is 0 Å². The quantitative estimate of drug-likeness (QED) is 0.782. The monoisotopic (exact) mass is 237 g/mol. The van der Waals surface area contributed by atoms with Crippen LogP contribution in [0.1, 0.15) is 34.7 Å². The van der Waals surface area contributed by atoms with Gasteiger partial charge in [-0.05, 0) is 19.9 Å². The molecule has 1 aromatic heterocycles. The maximum atomic E-state index is 12.1. The second kappa shape index (κ2) is 5.14. The molecule has 1 unspecified atom stereocenters. The van der Waals surface area contributed by atoms with Gasteiger partial charge in [0.15, 0.2) is 5.78 Å². The van der Waals surface area contributed by atoms with Crippen molar-refractivity contribution in [3.63, 3.8) is 0 Å². The van der Waals surface area contributed by atoms with E-state index >= 15 is 0 Å². The normalized spacial score (nSPS) is 12.3. The van der Waals surface area contributed by atoms with E-state index in [4.69, 9.17) is 5.73 Å². The molecular formula is C12H19N3O2. The highest BCUT2D eigenvalue weighted by Gasteiger charge is 2.20. The molecule has 17 heavy (non-hydrogen) atoms. The van der Waals surface area contributed by atoms with Crippen LogP contribution in [-0.4, -0.2) is 40.8 Å². The van der Waals surface area contributed by atoms with E-state index in [1.54, 1.807) is 35.8 Å². The molecule has 0 saturated heterocycles. The predicted octanol–water partition coefficient (Wildman–Crippen LogP) is 0.647. The van der Waals surface area contributed by atoms with Crippen LogP contribution in [0.4, 0.5) is 0 Å². The van der Waals surface area contributed by atoms with Gasteiger partial charge in [-0.15, -0.1) is 0 Å². The summed E-state index contributed by atoms with van der Waals surface area (Å²) in [5, 5.41) is 0. The predicted molar refractivity (Wildman–Crippen MR) is 66.0 cm³/mol. The fourth-order valence-corrected chi connectivity index (χ4v) is 1.51. The van der Waals surface area contributed by atoms with Gasteiger partial charge >= 0.3 is 0 Å². The second-order valence-corrected chi connectivity index (χ2v) is 4.28. The molecule has 5 heteroatoms. The van der Waals surface area contributed by atoms with Crippen LogP contribution in [0.3, 0.4) is 0 Å². The summed E-state index contributed by atoms with van der Waals surface area (Å²) in [6, 6.07) is 1.59. The number of rotatable bonds is 4. The SMILES string of the molecule is CC(=O)c1cc(C(=O)N(C)C(C)CN)n(C)c1. The van der Waals surface area contributed by atoms with Gasteiger partial charge < -0.3 is 15.2 Å². The van der Waals surface area contributed by atoms with Gasteiger partial charge in [-0.3, -0.25) is 9.59 Å². The van der Waals surface area contributed by atoms with Crippen molar-refractivity contribution < 1.29 is 9.59 Å². The van der Waals surface area contributed by atoms with Crippen LogP contribution in [0.15, 0.2) is 12.3 Å². The molecule has 94 valence electrons. The van der Waals surface area contributed by atoms with Crippen molar-refractivity contribution in [3.05, 3.63) is 23.5 Å². The highest BCUT2D eigenvalue weighted by molar-refractivity contribution is 5.99. The third-order valence-corrected chi connectivity index (χ3v) is 2.95. The Hall–Kier alpha value is -1.62. The first kappa shape index (κ1) is 13.4. The maximum absolute atomic E-state index is 12.1. The lowest BCUT2D eigenvalue weighted by Crippen LogP contribution is -2.40. The van der Waals surface area contributed by atoms with Gasteiger partial charge in [-0.25, -0.2) is 0 Å². The van der Waals surface area contributed by atoms with Gasteiger partial charge in [-0.1, -0.05) is 0 Å². The van der Waals surface area contributed by atoms with Crippen molar-refractivity contribution in [2.24, 2.45) is 12.8 Å². The number of aryl methyl sites for hydroxylation is 1. The Morgan fingerprint density at radius 2 is 2.12 bits per heavy atom. The highest BCUT2D eigenvalue weighted by Crippen LogP contribution is 2.11. The smallest absolute Gasteiger partial charge is 0.270 e. The van der Waals surface area contributed by atoms with E-state index in [2.05, 4.69) is 0 Å². The number of aromatic nitrogens is 1. The molecule has 5 nitrogen and oxygen atoms in total. The Morgan fingerprint density at radius 3 is 2.53 bits per heavy atom. The van der Waals surface area contributed by atoms with Gasteiger partial charge in [0.1, 0.15) is 5.69 Å². The molecule has 0 radical (unpaired) electrons. The summed E-state index contributed by atoms with van der Waals surface area (Å²) in [5.74, 6) is -0.174. The molecule has 0 spiro atoms. The van der Waals surface area contributed by atoms with Crippen molar-refractivity contribution in [1.82, 2.24) is 9.47 Å². The Labute approximate surface area is 101 Å². The number of Topliss-reactive ketones (excluding diaryl/α,β-unsaturated/α-hetero) is 1. The van der Waals surface area contributed by atoms with Gasteiger partial charge in [0.25, 0.3) is 5.91 Å². The Kier molecular flexibility index (Phi) is 4.07. The van der Waals surface area contributed by atoms with Gasteiger partial charge in [0.05, 0.1) is 0 Å². The Morgan fingerprint density at radius 1 is 1.53 bits per heavy atom. The maximum Gasteiger partial charge on any atom is 0.270 e. The van der Waals surface area contributed by atoms with Crippen molar-refractivity contribution in [2.75, 3.05) is 13.6 Å². The summed E-state index contributed by atoms with van der Waals surface area (Å²) in [4.78, 5) is 25.0. The summed E-state index contributed by atoms with van der Waals surface area (Å²) in [6.45, 7) is 3.77. The molecule has 0 aliphatic heterocycles. The summed E-state index contributed by atoms with van der Waals surface area (Å²) in [6.07, 6.45) is 1.66. The van der Waals surface area contributed by atoms with E-state index in [9.17, 15) is 9.59 Å². The minimum atomic E-state index is -0.127. The molecule has 2 N–H and O–H groups in total. The molecular weight excluding hydrogens is 218 g/mol. The summed E-state index contributed by atoms with van der Waals surface area (Å²) >= 11 is 0. The van der Waals surface area contributed by atoms with Gasteiger partial charge in [0, 0.05) is 38.4 Å². The standard InChI is InChI=1S/C12H19N3O2/c1-8(6-13)15(4)12(17)11-5-10(9(2)16)7-14(11)3/h5,7-8H,6,13H2,1-4H3. The third-order valence-electron chi connectivity index (χ3n) is 2.95. The molecule has 1 heterocycles. The minimum Gasteiger partial charge on any atom is -0.346 e. The lowest BCUT2D eigenvalue weighted by molar-refractivity contribution is 0.0739. The van der Waals surface area contributed by atoms with Crippen molar-refractivity contribution in [1.29, 1.82) is 0 Å². The third kappa shape index (κ3) is 2.74. The van der Waals surface area contributed by atoms with Crippen LogP contribution in [0.25, 0.3) is 0 Å². The summed E-state index contributed by atoms with van der Waals surface area (Å²) < 4.78 is 1.67. The number of carbonyl (C=O) groups is 2. The van der Waals surface area contributed by atoms with Gasteiger partial charge in [-0.2, -0.15) is 0 Å². The van der Waals surface area contributed by atoms with Crippen LogP contribution in [-0.2, 0) is 7.05 Å². The van der Waals surface area contributed by atoms with Crippen LogP contribution < -0.4 is 5.73 Å². The minimum absolute atomic E-state index is 0.0295. The van der Waals surface area contributed by atoms with Crippen molar-refractivity contribution in [2.45, 2.75) is 19.9 Å². The highest BCUT2D eigenvalue weighted by atomic mass is 16.2. The lowest BCUT2D eigenvalue weighted by Gasteiger charge is -2.23. The first-order valence-corrected chi connectivity index (χ1v) is 5.53. The number of likely N-dealkylation sites (N-methyl/N-ethyl adjacent to an activating group) is 1. The van der Waals surface area contributed by atoms with Crippen molar-refractivity contribution >= 4 is 11.7 Å². The summed E-state index contributed by atoms with van der Waals surface area (Å²) in [7, 11) is 3.46. The average molecular weight is 237 g/mol. The van der Waals surface area contributed by atoms with Gasteiger partial charge in [0.2, 0.25) is 0 Å². The molecule has 1 amide bonds. The first-order valence-electron chi connectivity index (χ1n) is 5.53. The molecule has 1 aromatic rings. The zero-order valence-electron chi connectivity index (χ0n) is 10.7. The fourth-order valence-electron chi connectivity index (χ4n) is 1.51. The van der Waals surface area contributed by atoms with Crippen LogP contribution in [0.2, 0.25) is 0 Å². The van der Waals surface area contributed by atoms with E-state index in [1.807, 2.05) is 6.92 Å². The number of carbonyl (C=O) groups excluding carboxylic acids is 2. The van der Waals surface area contributed by atoms with Crippen LogP contribution >= 0.6 is 0 Å². The average Bonchev–Trinajstić information content (AvgIpc) is 2.68. The molecule has 0 saturated carbocycles. The lowest BCUT2D eigenvalue weighted by atomic mass is 10.2. The topological polar surface area (TPSA) is 68.3 Å². The molecule has 0 fully saturated rings. The number of nitrogens with zero attached hydrogens (tertiary/aromatic N) is 2. The van der Waals surface area contributed by atoms with E-state index < -0.39 is 0 Å². The molecule has 0 bridgehead atoms. The second-order valence-electron chi connectivity index (χ2n) is 4.28. The van der Waals surface area contributed by atoms with E-state index in [1.165, 1.54) is 6.92 Å². The number of hydrogen-bond acceptors (Lipinski definition) is 3. The molecule has 0 aromatic carbocycles. The zero-order chi connectivity index (χ0) is 13.2. The van der Waals surface area contributed by atoms with Crippen LogP contribution in [0, 0.1) is 0 Å². The van der Waals surface area contributed by atoms with E-state index in [0.29, 0.717) is 17.8 Å². The number of ketones is 1.